The fraction of sp³-hybridized carbons (Fsp3) is 0.120. The van der Waals surface area contributed by atoms with Crippen molar-refractivity contribution in [2.24, 2.45) is 0 Å². The van der Waals surface area contributed by atoms with Gasteiger partial charge in [0.15, 0.2) is 11.2 Å². The van der Waals surface area contributed by atoms with E-state index in [0.29, 0.717) is 15.8 Å². The van der Waals surface area contributed by atoms with E-state index in [1.807, 2.05) is 67.6 Å². The van der Waals surface area contributed by atoms with Crippen LogP contribution in [-0.2, 0) is 9.53 Å². The molecule has 0 spiro atoms. The van der Waals surface area contributed by atoms with Crippen LogP contribution in [0.3, 0.4) is 0 Å². The van der Waals surface area contributed by atoms with Crippen molar-refractivity contribution in [2.45, 2.75) is 13.0 Å². The Hall–Kier alpha value is -2.70. The van der Waals surface area contributed by atoms with Crippen LogP contribution >= 0.6 is 34.5 Å². The highest BCUT2D eigenvalue weighted by molar-refractivity contribution is 7.16. The van der Waals surface area contributed by atoms with Crippen LogP contribution < -0.4 is 4.90 Å². The number of halogens is 2. The minimum absolute atomic E-state index is 0.277. The predicted octanol–water partition coefficient (Wildman–Crippen LogP) is 7.48. The highest BCUT2D eigenvalue weighted by atomic mass is 35.5. The number of hydrogen-bond donors (Lipinski definition) is 0. The normalized spacial score (nSPS) is 11.9. The molecule has 1 atom stereocenters. The Balaban J connectivity index is 1.86. The summed E-state index contributed by atoms with van der Waals surface area (Å²) in [5.74, 6) is -0.309. The summed E-state index contributed by atoms with van der Waals surface area (Å²) in [6, 6.07) is 24.4. The van der Waals surface area contributed by atoms with E-state index in [4.69, 9.17) is 32.9 Å². The van der Waals surface area contributed by atoms with E-state index in [1.54, 1.807) is 18.2 Å². The smallest absolute Gasteiger partial charge is 0.267 e. The number of rotatable bonds is 6. The summed E-state index contributed by atoms with van der Waals surface area (Å²) < 4.78 is 5.62. The molecule has 7 heteroatoms. The van der Waals surface area contributed by atoms with E-state index < -0.39 is 6.10 Å². The SMILES string of the molecule is COC(C(=O)N(c1nc(-c2ccccc2)c(C)s1)c1cccc(Cl)c1Cl)c1ccccc1. The first kappa shape index (κ1) is 22.5. The third kappa shape index (κ3) is 4.43. The highest BCUT2D eigenvalue weighted by Crippen LogP contribution is 2.42. The molecule has 0 radical (unpaired) electrons. The Bertz CT molecular complexity index is 1230. The van der Waals surface area contributed by atoms with Crippen LogP contribution in [0.5, 0.6) is 0 Å². The maximum absolute atomic E-state index is 13.9. The van der Waals surface area contributed by atoms with E-state index >= 15 is 0 Å². The summed E-state index contributed by atoms with van der Waals surface area (Å²) in [7, 11) is 1.51. The zero-order valence-electron chi connectivity index (χ0n) is 17.5. The topological polar surface area (TPSA) is 42.4 Å². The van der Waals surface area contributed by atoms with Crippen LogP contribution in [0.15, 0.2) is 78.9 Å². The molecule has 0 aliphatic heterocycles. The molecule has 0 N–H and O–H groups in total. The lowest BCUT2D eigenvalue weighted by atomic mass is 10.1. The zero-order chi connectivity index (χ0) is 22.7. The number of carbonyl (C=O) groups is 1. The van der Waals surface area contributed by atoms with Gasteiger partial charge in [-0.1, -0.05) is 89.9 Å². The third-order valence-electron chi connectivity index (χ3n) is 4.98. The Morgan fingerprint density at radius 3 is 2.28 bits per heavy atom. The molecule has 0 aliphatic carbocycles. The van der Waals surface area contributed by atoms with Crippen molar-refractivity contribution in [3.63, 3.8) is 0 Å². The van der Waals surface area contributed by atoms with Gasteiger partial charge in [-0.25, -0.2) is 4.98 Å². The van der Waals surface area contributed by atoms with Crippen molar-refractivity contribution in [1.29, 1.82) is 0 Å². The molecule has 0 fully saturated rings. The van der Waals surface area contributed by atoms with Gasteiger partial charge in [-0.2, -0.15) is 0 Å². The summed E-state index contributed by atoms with van der Waals surface area (Å²) >= 11 is 14.3. The van der Waals surface area contributed by atoms with Gasteiger partial charge in [0.05, 0.1) is 21.4 Å². The van der Waals surface area contributed by atoms with E-state index in [0.717, 1.165) is 21.7 Å². The molecule has 32 heavy (non-hydrogen) atoms. The maximum atomic E-state index is 13.9. The van der Waals surface area contributed by atoms with E-state index in [9.17, 15) is 4.79 Å². The molecule has 1 aromatic heterocycles. The average molecular weight is 483 g/mol. The number of benzene rings is 3. The van der Waals surface area contributed by atoms with Crippen LogP contribution in [0.2, 0.25) is 10.0 Å². The van der Waals surface area contributed by atoms with Crippen molar-refractivity contribution in [2.75, 3.05) is 12.0 Å². The molecule has 4 nitrogen and oxygen atoms in total. The molecule has 0 aliphatic rings. The van der Waals surface area contributed by atoms with Gasteiger partial charge in [-0.3, -0.25) is 9.69 Å². The van der Waals surface area contributed by atoms with Crippen molar-refractivity contribution in [1.82, 2.24) is 4.98 Å². The largest absolute Gasteiger partial charge is 0.367 e. The van der Waals surface area contributed by atoms with Crippen LogP contribution in [0.1, 0.15) is 16.5 Å². The Morgan fingerprint density at radius 1 is 0.969 bits per heavy atom. The lowest BCUT2D eigenvalue weighted by Crippen LogP contribution is -2.32. The summed E-state index contributed by atoms with van der Waals surface area (Å²) in [5, 5.41) is 1.13. The Kier molecular flexibility index (Phi) is 6.92. The van der Waals surface area contributed by atoms with Gasteiger partial charge in [-0.15, -0.1) is 11.3 Å². The van der Waals surface area contributed by atoms with Gasteiger partial charge in [0.25, 0.3) is 5.91 Å². The molecule has 0 bridgehead atoms. The molecule has 4 aromatic rings. The molecule has 0 saturated heterocycles. The second kappa shape index (κ2) is 9.84. The number of anilines is 2. The number of ether oxygens (including phenoxy) is 1. The minimum Gasteiger partial charge on any atom is -0.367 e. The van der Waals surface area contributed by atoms with Gasteiger partial charge >= 0.3 is 0 Å². The third-order valence-corrected chi connectivity index (χ3v) is 6.74. The number of aryl methyl sites for hydroxylation is 1. The first-order chi connectivity index (χ1) is 15.5. The summed E-state index contributed by atoms with van der Waals surface area (Å²) in [6.07, 6.45) is -0.837. The number of amides is 1. The minimum atomic E-state index is -0.837. The van der Waals surface area contributed by atoms with Crippen LogP contribution in [0.25, 0.3) is 11.3 Å². The number of methoxy groups -OCH3 is 1. The molecular formula is C25H20Cl2N2O2S. The van der Waals surface area contributed by atoms with Crippen LogP contribution in [0.4, 0.5) is 10.8 Å². The predicted molar refractivity (Wildman–Crippen MR) is 132 cm³/mol. The Morgan fingerprint density at radius 2 is 1.62 bits per heavy atom. The zero-order valence-corrected chi connectivity index (χ0v) is 19.8. The molecule has 1 amide bonds. The number of carbonyl (C=O) groups excluding carboxylic acids is 1. The molecule has 3 aromatic carbocycles. The lowest BCUT2D eigenvalue weighted by molar-refractivity contribution is -0.127. The van der Waals surface area contributed by atoms with E-state index in [-0.39, 0.29) is 10.9 Å². The van der Waals surface area contributed by atoms with Crippen molar-refractivity contribution < 1.29 is 9.53 Å². The highest BCUT2D eigenvalue weighted by Gasteiger charge is 2.32. The van der Waals surface area contributed by atoms with Crippen molar-refractivity contribution in [3.05, 3.63) is 99.3 Å². The fourth-order valence-electron chi connectivity index (χ4n) is 3.45. The molecule has 162 valence electrons. The van der Waals surface area contributed by atoms with Crippen molar-refractivity contribution in [3.8, 4) is 11.3 Å². The number of aromatic nitrogens is 1. The number of thiazole rings is 1. The summed E-state index contributed by atoms with van der Waals surface area (Å²) in [5.41, 5.74) is 2.98. The van der Waals surface area contributed by atoms with Gasteiger partial charge in [0.2, 0.25) is 0 Å². The summed E-state index contributed by atoms with van der Waals surface area (Å²) in [4.78, 5) is 21.2. The Labute approximate surface area is 201 Å². The monoisotopic (exact) mass is 482 g/mol. The van der Waals surface area contributed by atoms with Gasteiger partial charge in [0.1, 0.15) is 0 Å². The van der Waals surface area contributed by atoms with Gasteiger partial charge in [-0.05, 0) is 24.6 Å². The summed E-state index contributed by atoms with van der Waals surface area (Å²) in [6.45, 7) is 1.98. The van der Waals surface area contributed by atoms with Gasteiger partial charge in [0, 0.05) is 17.6 Å². The second-order valence-corrected chi connectivity index (χ2v) is 9.01. The number of hydrogen-bond acceptors (Lipinski definition) is 4. The van der Waals surface area contributed by atoms with E-state index in [1.165, 1.54) is 23.3 Å². The quantitative estimate of drug-likeness (QED) is 0.286. The first-order valence-corrected chi connectivity index (χ1v) is 11.5. The number of nitrogens with zero attached hydrogens (tertiary/aromatic N) is 2. The molecule has 1 unspecified atom stereocenters. The molecule has 4 rings (SSSR count). The van der Waals surface area contributed by atoms with Crippen LogP contribution in [0, 0.1) is 6.92 Å². The maximum Gasteiger partial charge on any atom is 0.267 e. The van der Waals surface area contributed by atoms with E-state index in [2.05, 4.69) is 0 Å². The van der Waals surface area contributed by atoms with Crippen LogP contribution in [-0.4, -0.2) is 18.0 Å². The molecule has 0 saturated carbocycles. The first-order valence-electron chi connectivity index (χ1n) is 9.90. The molecule has 1 heterocycles. The molecular weight excluding hydrogens is 463 g/mol. The van der Waals surface area contributed by atoms with Gasteiger partial charge < -0.3 is 4.74 Å². The standard InChI is InChI=1S/C25H20Cl2N2O2S/c1-16-22(17-10-5-3-6-11-17)28-25(32-16)29(20-15-9-14-19(26)21(20)27)24(30)23(31-2)18-12-7-4-8-13-18/h3-15,23H,1-2H3. The lowest BCUT2D eigenvalue weighted by Gasteiger charge is -2.26. The van der Waals surface area contributed by atoms with Crippen molar-refractivity contribution >= 4 is 51.3 Å². The fourth-order valence-corrected chi connectivity index (χ4v) is 4.78. The second-order valence-electron chi connectivity index (χ2n) is 7.04. The average Bonchev–Trinajstić information content (AvgIpc) is 3.19.